The minimum absolute atomic E-state index is 0.311. The van der Waals surface area contributed by atoms with Gasteiger partial charge in [-0.2, -0.15) is 0 Å². The molecule has 3 rings (SSSR count). The molecule has 6 nitrogen and oxygen atoms in total. The number of piperidine rings is 1. The molecule has 1 aliphatic heterocycles. The fraction of sp³-hybridized carbons (Fsp3) is 0.500. The van der Waals surface area contributed by atoms with E-state index in [4.69, 9.17) is 9.47 Å². The van der Waals surface area contributed by atoms with Crippen LogP contribution in [0.25, 0.3) is 10.9 Å². The predicted octanol–water partition coefficient (Wildman–Crippen LogP) is 4.03. The molecule has 1 aliphatic rings. The summed E-state index contributed by atoms with van der Waals surface area (Å²) in [6.45, 7) is 6.23. The zero-order valence-electron chi connectivity index (χ0n) is 16.0. The minimum Gasteiger partial charge on any atom is -0.462 e. The number of halogens is 1. The first kappa shape index (κ1) is 19.9. The Labute approximate surface area is 167 Å². The molecule has 146 valence electrons. The number of fused-ring (bicyclic) bond motifs is 1. The second kappa shape index (κ2) is 8.44. The summed E-state index contributed by atoms with van der Waals surface area (Å²) in [5, 5.41) is 0.738. The van der Waals surface area contributed by atoms with Crippen LogP contribution in [0.4, 0.5) is 0 Å². The fourth-order valence-corrected chi connectivity index (χ4v) is 4.08. The third-order valence-corrected chi connectivity index (χ3v) is 5.55. The van der Waals surface area contributed by atoms with E-state index < -0.39 is 5.97 Å². The Hall–Kier alpha value is -1.86. The quantitative estimate of drug-likeness (QED) is 0.522. The van der Waals surface area contributed by atoms with Gasteiger partial charge in [0.2, 0.25) is 0 Å². The summed E-state index contributed by atoms with van der Waals surface area (Å²) < 4.78 is 13.3. The number of aryl methyl sites for hydroxylation is 1. The third-order valence-electron chi connectivity index (χ3n) is 4.93. The van der Waals surface area contributed by atoms with E-state index in [1.807, 2.05) is 17.7 Å². The lowest BCUT2D eigenvalue weighted by atomic mass is 10.1. The van der Waals surface area contributed by atoms with Gasteiger partial charge in [-0.05, 0) is 60.9 Å². The van der Waals surface area contributed by atoms with Crippen molar-refractivity contribution < 1.29 is 19.1 Å². The van der Waals surface area contributed by atoms with Crippen LogP contribution in [0.2, 0.25) is 0 Å². The molecule has 0 N–H and O–H groups in total. The van der Waals surface area contributed by atoms with E-state index >= 15 is 0 Å². The van der Waals surface area contributed by atoms with Gasteiger partial charge in [0, 0.05) is 31.6 Å². The lowest BCUT2D eigenvalue weighted by Gasteiger charge is -2.27. The van der Waals surface area contributed by atoms with Crippen LogP contribution in [0.15, 0.2) is 16.6 Å². The summed E-state index contributed by atoms with van der Waals surface area (Å²) in [5.74, 6) is -0.348. The van der Waals surface area contributed by atoms with E-state index in [0.717, 1.165) is 29.7 Å². The van der Waals surface area contributed by atoms with Gasteiger partial charge in [0.1, 0.15) is 5.75 Å². The molecule has 0 spiro atoms. The minimum atomic E-state index is -0.405. The largest absolute Gasteiger partial charge is 0.462 e. The molecule has 1 saturated heterocycles. The van der Waals surface area contributed by atoms with Crippen LogP contribution in [-0.4, -0.2) is 41.1 Å². The van der Waals surface area contributed by atoms with E-state index in [1.54, 1.807) is 13.0 Å². The molecule has 1 aromatic heterocycles. The maximum Gasteiger partial charge on any atom is 0.340 e. The van der Waals surface area contributed by atoms with Crippen molar-refractivity contribution in [2.45, 2.75) is 39.7 Å². The summed E-state index contributed by atoms with van der Waals surface area (Å²) in [5.41, 5.74) is 2.38. The van der Waals surface area contributed by atoms with Gasteiger partial charge in [-0.25, -0.2) is 4.79 Å². The van der Waals surface area contributed by atoms with Gasteiger partial charge in [0.15, 0.2) is 0 Å². The Bertz CT molecular complexity index is 869. The number of carbonyl (C=O) groups excluding carboxylic acids is 2. The second-order valence-corrected chi connectivity index (χ2v) is 7.69. The van der Waals surface area contributed by atoms with Crippen LogP contribution in [-0.2, 0) is 23.1 Å². The molecule has 2 heterocycles. The first-order valence-electron chi connectivity index (χ1n) is 9.31. The average molecular weight is 437 g/mol. The van der Waals surface area contributed by atoms with Gasteiger partial charge >= 0.3 is 11.9 Å². The number of hydrogen-bond donors (Lipinski definition) is 0. The maximum atomic E-state index is 12.8. The van der Waals surface area contributed by atoms with Crippen LogP contribution in [0.3, 0.4) is 0 Å². The number of rotatable bonds is 5. The van der Waals surface area contributed by atoms with E-state index in [2.05, 4.69) is 20.8 Å². The average Bonchev–Trinajstić information content (AvgIpc) is 2.88. The number of benzene rings is 1. The number of hydrogen-bond acceptors (Lipinski definition) is 5. The summed E-state index contributed by atoms with van der Waals surface area (Å²) in [4.78, 5) is 26.6. The smallest absolute Gasteiger partial charge is 0.340 e. The Kier molecular flexibility index (Phi) is 6.22. The van der Waals surface area contributed by atoms with Crippen molar-refractivity contribution in [1.29, 1.82) is 0 Å². The van der Waals surface area contributed by atoms with E-state index in [-0.39, 0.29) is 5.97 Å². The Morgan fingerprint density at radius 1 is 1.19 bits per heavy atom. The van der Waals surface area contributed by atoms with Gasteiger partial charge in [0.25, 0.3) is 0 Å². The summed E-state index contributed by atoms with van der Waals surface area (Å²) in [6.07, 6.45) is 3.62. The zero-order valence-corrected chi connectivity index (χ0v) is 17.6. The van der Waals surface area contributed by atoms with Crippen LogP contribution in [0.1, 0.15) is 49.2 Å². The lowest BCUT2D eigenvalue weighted by molar-refractivity contribution is -0.131. The first-order chi connectivity index (χ1) is 12.9. The molecule has 1 fully saturated rings. The van der Waals surface area contributed by atoms with Crippen molar-refractivity contribution in [2.24, 2.45) is 7.05 Å². The molecule has 0 amide bonds. The van der Waals surface area contributed by atoms with E-state index in [0.29, 0.717) is 28.9 Å². The van der Waals surface area contributed by atoms with Crippen LogP contribution < -0.4 is 4.74 Å². The number of likely N-dealkylation sites (tertiary alicyclic amines) is 1. The molecule has 0 saturated carbocycles. The normalized spacial score (nSPS) is 15.1. The highest BCUT2D eigenvalue weighted by atomic mass is 79.9. The van der Waals surface area contributed by atoms with Crippen LogP contribution in [0.5, 0.6) is 5.75 Å². The van der Waals surface area contributed by atoms with Crippen molar-refractivity contribution >= 4 is 38.8 Å². The molecule has 2 aromatic rings. The first-order valence-corrected chi connectivity index (χ1v) is 10.1. The van der Waals surface area contributed by atoms with Crippen molar-refractivity contribution in [3.63, 3.8) is 0 Å². The van der Waals surface area contributed by atoms with Gasteiger partial charge in [0.05, 0.1) is 22.2 Å². The second-order valence-electron chi connectivity index (χ2n) is 6.83. The van der Waals surface area contributed by atoms with Crippen molar-refractivity contribution in [1.82, 2.24) is 9.47 Å². The molecule has 0 radical (unpaired) electrons. The van der Waals surface area contributed by atoms with Gasteiger partial charge in [-0.1, -0.05) is 6.42 Å². The highest BCUT2D eigenvalue weighted by Crippen LogP contribution is 2.36. The maximum absolute atomic E-state index is 12.8. The summed E-state index contributed by atoms with van der Waals surface area (Å²) in [7, 11) is 1.96. The topological polar surface area (TPSA) is 60.8 Å². The fourth-order valence-electron chi connectivity index (χ4n) is 3.67. The highest BCUT2D eigenvalue weighted by Gasteiger charge is 2.25. The molecule has 0 bridgehead atoms. The standard InChI is InChI=1S/C20H25BrN2O4/c1-4-26-20(25)19-14-10-18(27-13(2)24)15(21)11-16(14)22(3)17(19)12-23-8-6-5-7-9-23/h10-11H,4-9,12H2,1-3H3. The number of nitrogens with zero attached hydrogens (tertiary/aromatic N) is 2. The molecule has 0 unspecified atom stereocenters. The van der Waals surface area contributed by atoms with Crippen LogP contribution in [0, 0.1) is 0 Å². The monoisotopic (exact) mass is 436 g/mol. The molecule has 0 aliphatic carbocycles. The third kappa shape index (κ3) is 4.19. The SMILES string of the molecule is CCOC(=O)c1c(CN2CCCCC2)n(C)c2cc(Br)c(OC(C)=O)cc12. The lowest BCUT2D eigenvalue weighted by Crippen LogP contribution is -2.30. The molecule has 7 heteroatoms. The van der Waals surface area contributed by atoms with Gasteiger partial charge < -0.3 is 14.0 Å². The zero-order chi connectivity index (χ0) is 19.6. The van der Waals surface area contributed by atoms with Crippen molar-refractivity contribution in [3.05, 3.63) is 27.9 Å². The van der Waals surface area contributed by atoms with E-state index in [1.165, 1.54) is 26.2 Å². The van der Waals surface area contributed by atoms with Crippen molar-refractivity contribution in [3.8, 4) is 5.75 Å². The highest BCUT2D eigenvalue weighted by molar-refractivity contribution is 9.10. The number of carbonyl (C=O) groups is 2. The molecular formula is C20H25BrN2O4. The molecule has 27 heavy (non-hydrogen) atoms. The molecule has 0 atom stereocenters. The Morgan fingerprint density at radius 3 is 2.52 bits per heavy atom. The Morgan fingerprint density at radius 2 is 1.89 bits per heavy atom. The van der Waals surface area contributed by atoms with Crippen LogP contribution >= 0.6 is 15.9 Å². The number of aromatic nitrogens is 1. The summed E-state index contributed by atoms with van der Waals surface area (Å²) >= 11 is 3.46. The number of ether oxygens (including phenoxy) is 2. The summed E-state index contributed by atoms with van der Waals surface area (Å²) in [6, 6.07) is 3.63. The van der Waals surface area contributed by atoms with Crippen molar-refractivity contribution in [2.75, 3.05) is 19.7 Å². The predicted molar refractivity (Wildman–Crippen MR) is 107 cm³/mol. The Balaban J connectivity index is 2.13. The van der Waals surface area contributed by atoms with Gasteiger partial charge in [-0.3, -0.25) is 9.69 Å². The van der Waals surface area contributed by atoms with Gasteiger partial charge in [-0.15, -0.1) is 0 Å². The molecular weight excluding hydrogens is 412 g/mol. The van der Waals surface area contributed by atoms with E-state index in [9.17, 15) is 9.59 Å². The molecule has 1 aromatic carbocycles. The number of esters is 2.